The zero-order valence-electron chi connectivity index (χ0n) is 23.5. The molecule has 240 valence electrons. The second-order valence-corrected chi connectivity index (χ2v) is 13.2. The molecular weight excluding hydrogens is 773 g/mol. The fourth-order valence-corrected chi connectivity index (χ4v) is 9.41. The number of benzene rings is 3. The molecular formula is C23H18BrCl2N11O6S3. The quantitative estimate of drug-likeness (QED) is 0.0660. The van der Waals surface area contributed by atoms with Crippen molar-refractivity contribution in [3.05, 3.63) is 56.5 Å². The molecule has 0 saturated heterocycles. The number of hydrogen-bond acceptors (Lipinski definition) is 17. The molecule has 46 heavy (non-hydrogen) atoms. The lowest BCUT2D eigenvalue weighted by atomic mass is 10.1. The zero-order chi connectivity index (χ0) is 33.4. The first kappa shape index (κ1) is 32.2. The summed E-state index contributed by atoms with van der Waals surface area (Å²) in [5, 5.41) is 37.7. The third kappa shape index (κ3) is 4.59. The van der Waals surface area contributed by atoms with E-state index in [-0.39, 0.29) is 82.3 Å². The lowest BCUT2D eigenvalue weighted by Crippen LogP contribution is -2.25. The van der Waals surface area contributed by atoms with E-state index in [9.17, 15) is 30.3 Å². The molecule has 0 radical (unpaired) electrons. The van der Waals surface area contributed by atoms with Gasteiger partial charge in [0.2, 0.25) is 0 Å². The molecule has 1 aromatic heterocycles. The number of nitro groups is 3. The van der Waals surface area contributed by atoms with E-state index < -0.39 is 26.1 Å². The summed E-state index contributed by atoms with van der Waals surface area (Å²) in [6.45, 7) is 5.90. The number of anilines is 8. The maximum atomic E-state index is 13.0. The second kappa shape index (κ2) is 11.8. The third-order valence-corrected chi connectivity index (χ3v) is 11.1. The normalized spacial score (nSPS) is 13.4. The Bertz CT molecular complexity index is 2030. The molecule has 23 heteroatoms. The van der Waals surface area contributed by atoms with Gasteiger partial charge in [0.1, 0.15) is 39.6 Å². The van der Waals surface area contributed by atoms with Crippen molar-refractivity contribution in [2.45, 2.75) is 20.8 Å². The van der Waals surface area contributed by atoms with Gasteiger partial charge in [-0.1, -0.05) is 23.2 Å². The van der Waals surface area contributed by atoms with Gasteiger partial charge in [-0.2, -0.15) is 8.75 Å². The average Bonchev–Trinajstić information content (AvgIpc) is 3.74. The van der Waals surface area contributed by atoms with Gasteiger partial charge in [-0.25, -0.2) is 0 Å². The molecule has 0 saturated carbocycles. The van der Waals surface area contributed by atoms with Gasteiger partial charge in [-0.3, -0.25) is 39.0 Å². The van der Waals surface area contributed by atoms with Gasteiger partial charge in [-0.05, 0) is 42.8 Å². The van der Waals surface area contributed by atoms with E-state index in [1.165, 1.54) is 14.7 Å². The van der Waals surface area contributed by atoms with Crippen molar-refractivity contribution in [2.24, 2.45) is 0 Å². The first-order valence-corrected chi connectivity index (χ1v) is 16.8. The minimum Gasteiger partial charge on any atom is -0.393 e. The van der Waals surface area contributed by atoms with E-state index in [2.05, 4.69) is 34.1 Å². The standard InChI is InChI=1S/C23H18BrCl2N11O6S3/c1-4-32(5-2)23-20(34-17-8(25)6-9(27)18(35(38)39)14(17)30-46-34)10(24)19-15(22(23)37(42)43)31-45-33(19)16-7(3)11(26)12-13(29-44-28-12)21(16)36(40)41/h6,30-31H,4-5,27H2,1-3H3. The lowest BCUT2D eigenvalue weighted by Gasteiger charge is -2.30. The number of halogens is 3. The highest BCUT2D eigenvalue weighted by molar-refractivity contribution is 9.10. The Morgan fingerprint density at radius 1 is 0.891 bits per heavy atom. The van der Waals surface area contributed by atoms with Crippen LogP contribution in [0.4, 0.5) is 62.6 Å². The number of nitrogens with zero attached hydrogens (tertiary/aromatic N) is 8. The van der Waals surface area contributed by atoms with Crippen LogP contribution >= 0.6 is 75.1 Å². The van der Waals surface area contributed by atoms with E-state index >= 15 is 0 Å². The number of nitro benzene ring substituents is 3. The van der Waals surface area contributed by atoms with Gasteiger partial charge in [0.15, 0.2) is 16.9 Å². The predicted molar refractivity (Wildman–Crippen MR) is 187 cm³/mol. The van der Waals surface area contributed by atoms with Crippen molar-refractivity contribution in [1.82, 2.24) is 8.75 Å². The van der Waals surface area contributed by atoms with Crippen molar-refractivity contribution in [1.29, 1.82) is 0 Å². The average molecular weight is 791 g/mol. The van der Waals surface area contributed by atoms with Gasteiger partial charge < -0.3 is 20.1 Å². The minimum atomic E-state index is -0.648. The topological polar surface area (TPSA) is 215 Å². The third-order valence-electron chi connectivity index (χ3n) is 7.34. The summed E-state index contributed by atoms with van der Waals surface area (Å²) in [7, 11) is 0. The molecule has 3 aromatic carbocycles. The molecule has 0 fully saturated rings. The molecule has 6 rings (SSSR count). The molecule has 0 aliphatic carbocycles. The van der Waals surface area contributed by atoms with E-state index in [1.807, 2.05) is 13.8 Å². The van der Waals surface area contributed by atoms with Gasteiger partial charge in [0.25, 0.3) is 0 Å². The maximum Gasteiger partial charge on any atom is 0.322 e. The number of nitrogen functional groups attached to an aromatic ring is 1. The van der Waals surface area contributed by atoms with Crippen molar-refractivity contribution >= 4 is 149 Å². The molecule has 2 aliphatic rings. The summed E-state index contributed by atoms with van der Waals surface area (Å²) in [5.74, 6) is 0. The second-order valence-electron chi connectivity index (χ2n) is 9.62. The van der Waals surface area contributed by atoms with Crippen molar-refractivity contribution in [3.63, 3.8) is 0 Å². The van der Waals surface area contributed by atoms with E-state index in [0.717, 1.165) is 36.0 Å². The number of nitrogens with two attached hydrogens (primary N) is 1. The van der Waals surface area contributed by atoms with Gasteiger partial charge >= 0.3 is 17.1 Å². The number of nitrogens with one attached hydrogen (secondary N) is 2. The number of hydrogen-bond donors (Lipinski definition) is 3. The van der Waals surface area contributed by atoms with Gasteiger partial charge in [-0.15, -0.1) is 0 Å². The highest BCUT2D eigenvalue weighted by atomic mass is 79.9. The summed E-state index contributed by atoms with van der Waals surface area (Å²) < 4.78 is 17.3. The summed E-state index contributed by atoms with van der Waals surface area (Å²) in [6.07, 6.45) is 0. The molecule has 3 heterocycles. The van der Waals surface area contributed by atoms with Crippen LogP contribution in [0.3, 0.4) is 0 Å². The minimum absolute atomic E-state index is 0.00431. The van der Waals surface area contributed by atoms with E-state index in [0.29, 0.717) is 13.1 Å². The van der Waals surface area contributed by atoms with E-state index in [4.69, 9.17) is 28.9 Å². The van der Waals surface area contributed by atoms with Crippen LogP contribution in [0, 0.1) is 37.3 Å². The van der Waals surface area contributed by atoms with Gasteiger partial charge in [0.05, 0.1) is 65.3 Å². The van der Waals surface area contributed by atoms with Gasteiger partial charge in [0, 0.05) is 18.7 Å². The SMILES string of the molecule is CCN(CC)c1c(N2SNc3c2c(Cl)cc(N)c3[N+](=O)[O-])c(Br)c2c(c1[N+](=O)[O-])NSN2c1c(C)c(Cl)c2nsnc2c1[N+](=O)[O-]. The van der Waals surface area contributed by atoms with Crippen LogP contribution in [-0.4, -0.2) is 36.6 Å². The maximum absolute atomic E-state index is 13.0. The summed E-state index contributed by atoms with van der Waals surface area (Å²) in [6, 6.07) is 1.24. The molecule has 0 bridgehead atoms. The molecule has 4 N–H and O–H groups in total. The summed E-state index contributed by atoms with van der Waals surface area (Å²) in [5.41, 5.74) is 5.77. The molecule has 0 atom stereocenters. The Morgan fingerprint density at radius 3 is 2.00 bits per heavy atom. The Labute approximate surface area is 289 Å². The van der Waals surface area contributed by atoms with Crippen molar-refractivity contribution < 1.29 is 14.8 Å². The van der Waals surface area contributed by atoms with Crippen molar-refractivity contribution in [3.8, 4) is 0 Å². The fraction of sp³-hybridized carbons (Fsp3) is 0.217. The van der Waals surface area contributed by atoms with Crippen molar-refractivity contribution in [2.75, 3.05) is 41.8 Å². The smallest absolute Gasteiger partial charge is 0.322 e. The molecule has 0 spiro atoms. The van der Waals surface area contributed by atoms with Crippen LogP contribution in [0.5, 0.6) is 0 Å². The monoisotopic (exact) mass is 789 g/mol. The lowest BCUT2D eigenvalue weighted by molar-refractivity contribution is -0.383. The Morgan fingerprint density at radius 2 is 1.43 bits per heavy atom. The van der Waals surface area contributed by atoms with Crippen LogP contribution in [0.2, 0.25) is 10.0 Å². The largest absolute Gasteiger partial charge is 0.393 e. The molecule has 2 aliphatic heterocycles. The molecule has 4 aromatic rings. The highest BCUT2D eigenvalue weighted by Crippen LogP contribution is 2.65. The Balaban J connectivity index is 1.73. The Kier molecular flexibility index (Phi) is 8.26. The summed E-state index contributed by atoms with van der Waals surface area (Å²) >= 11 is 19.5. The van der Waals surface area contributed by atoms with Crippen LogP contribution in [0.1, 0.15) is 19.4 Å². The van der Waals surface area contributed by atoms with Crippen LogP contribution in [0.15, 0.2) is 10.5 Å². The number of rotatable bonds is 8. The first-order valence-electron chi connectivity index (χ1n) is 12.9. The zero-order valence-corrected chi connectivity index (χ0v) is 29.0. The van der Waals surface area contributed by atoms with E-state index in [1.54, 1.807) is 11.8 Å². The predicted octanol–water partition coefficient (Wildman–Crippen LogP) is 8.48. The molecule has 0 amide bonds. The van der Waals surface area contributed by atoms with Crippen LogP contribution in [-0.2, 0) is 0 Å². The number of fused-ring (bicyclic) bond motifs is 3. The molecule has 17 nitrogen and oxygen atoms in total. The number of aromatic nitrogens is 2. The summed E-state index contributed by atoms with van der Waals surface area (Å²) in [4.78, 5) is 37.4. The fourth-order valence-electron chi connectivity index (χ4n) is 5.37. The molecule has 0 unspecified atom stereocenters. The first-order chi connectivity index (χ1) is 21.8. The Hall–Kier alpha value is -3.76. The van der Waals surface area contributed by atoms with Crippen LogP contribution in [0.25, 0.3) is 11.0 Å². The van der Waals surface area contributed by atoms with Crippen LogP contribution < -0.4 is 28.7 Å². The highest BCUT2D eigenvalue weighted by Gasteiger charge is 2.46.